The van der Waals surface area contributed by atoms with Crippen molar-refractivity contribution in [1.82, 2.24) is 10.6 Å². The highest BCUT2D eigenvalue weighted by Crippen LogP contribution is 2.53. The topological polar surface area (TPSA) is 103 Å². The lowest BCUT2D eigenvalue weighted by molar-refractivity contribution is -0.123. The first-order valence-electron chi connectivity index (χ1n) is 14.1. The van der Waals surface area contributed by atoms with Crippen molar-refractivity contribution in [3.05, 3.63) is 132 Å². The van der Waals surface area contributed by atoms with Gasteiger partial charge in [0.05, 0.1) is 0 Å². The van der Waals surface area contributed by atoms with Crippen LogP contribution in [-0.4, -0.2) is 29.4 Å². The molecule has 2 unspecified atom stereocenters. The number of nitrogens with one attached hydrogen (secondary N) is 2. The Morgan fingerprint density at radius 2 is 1.07 bits per heavy atom. The van der Waals surface area contributed by atoms with Crippen LogP contribution in [0.15, 0.2) is 121 Å². The second-order valence-corrected chi connectivity index (χ2v) is 13.0. The van der Waals surface area contributed by atoms with E-state index in [4.69, 9.17) is 13.8 Å². The number of alkyl carbamates (subject to hydrolysis) is 1. The molecule has 9 heteroatoms. The first kappa shape index (κ1) is 31.4. The number of benzene rings is 4. The Hall–Kier alpha value is -4.55. The second kappa shape index (κ2) is 14.6. The maximum atomic E-state index is 14.8. The van der Waals surface area contributed by atoms with Crippen LogP contribution in [0.1, 0.15) is 31.9 Å². The van der Waals surface area contributed by atoms with Crippen molar-refractivity contribution in [2.75, 3.05) is 0 Å². The molecular weight excluding hydrogens is 563 g/mol. The first-order valence-corrected chi connectivity index (χ1v) is 15.7. The van der Waals surface area contributed by atoms with Crippen molar-refractivity contribution < 1.29 is 27.9 Å². The van der Waals surface area contributed by atoms with Crippen molar-refractivity contribution >= 4 is 19.6 Å². The normalized spacial score (nSPS) is 12.8. The van der Waals surface area contributed by atoms with Crippen LogP contribution in [0.2, 0.25) is 0 Å². The highest BCUT2D eigenvalue weighted by molar-refractivity contribution is 7.55. The maximum absolute atomic E-state index is 14.8. The molecule has 2 amide bonds. The summed E-state index contributed by atoms with van der Waals surface area (Å²) in [4.78, 5) is 26.8. The number of hydrogen-bond donors (Lipinski definition) is 2. The van der Waals surface area contributed by atoms with Crippen LogP contribution in [0.4, 0.5) is 4.79 Å². The number of rotatable bonds is 12. The summed E-state index contributed by atoms with van der Waals surface area (Å²) in [6, 6.07) is 34.9. The van der Waals surface area contributed by atoms with Crippen molar-refractivity contribution in [2.45, 2.75) is 51.0 Å². The highest BCUT2D eigenvalue weighted by Gasteiger charge is 2.42. The molecule has 0 spiro atoms. The number of hydrogen-bond acceptors (Lipinski definition) is 6. The number of carbonyl (C=O) groups is 2. The van der Waals surface area contributed by atoms with Gasteiger partial charge in [0.1, 0.15) is 23.1 Å². The fourth-order valence-electron chi connectivity index (χ4n) is 4.26. The molecule has 0 aromatic heterocycles. The molecular formula is C34H37N2O6P. The van der Waals surface area contributed by atoms with Crippen LogP contribution in [0.5, 0.6) is 11.5 Å². The third-order valence-corrected chi connectivity index (χ3v) is 8.21. The van der Waals surface area contributed by atoms with E-state index in [1.54, 1.807) is 69.3 Å². The fourth-order valence-corrected chi connectivity index (χ4v) is 6.10. The SMILES string of the molecule is CC(C)(C)OC(=O)NC(Cc1ccccc1)C(=O)NC(Cc1ccccc1)P(=O)(Oc1ccccc1)Oc1ccccc1. The van der Waals surface area contributed by atoms with Crippen molar-refractivity contribution in [3.63, 3.8) is 0 Å². The second-order valence-electron chi connectivity index (χ2n) is 11.0. The largest absolute Gasteiger partial charge is 0.453 e. The molecule has 0 fully saturated rings. The van der Waals surface area contributed by atoms with Crippen LogP contribution >= 0.6 is 7.60 Å². The molecule has 0 heterocycles. The van der Waals surface area contributed by atoms with Gasteiger partial charge in [-0.15, -0.1) is 0 Å². The summed E-state index contributed by atoms with van der Waals surface area (Å²) in [6.45, 7) is 5.23. The van der Waals surface area contributed by atoms with Gasteiger partial charge in [0, 0.05) is 12.8 Å². The third kappa shape index (κ3) is 10.0. The molecule has 0 saturated carbocycles. The van der Waals surface area contributed by atoms with Crippen molar-refractivity contribution in [3.8, 4) is 11.5 Å². The van der Waals surface area contributed by atoms with Gasteiger partial charge in [0.2, 0.25) is 5.91 Å². The third-order valence-electron chi connectivity index (χ3n) is 6.20. The van der Waals surface area contributed by atoms with E-state index in [0.29, 0.717) is 11.5 Å². The highest BCUT2D eigenvalue weighted by atomic mass is 31.2. The van der Waals surface area contributed by atoms with Gasteiger partial charge >= 0.3 is 13.7 Å². The molecule has 8 nitrogen and oxygen atoms in total. The summed E-state index contributed by atoms with van der Waals surface area (Å²) in [7, 11) is -4.16. The standard InChI is InChI=1S/C34H37N2O6P/c1-34(2,3)40-33(38)35-30(24-26-16-8-4-9-17-26)32(37)36-31(25-27-18-10-5-11-19-27)43(39,41-28-20-12-6-13-21-28)42-29-22-14-7-15-23-29/h4-23,30-31H,24-25H2,1-3H3,(H,35,38)(H,36,37). The van der Waals surface area contributed by atoms with E-state index in [-0.39, 0.29) is 12.8 Å². The Balaban J connectivity index is 1.70. The molecule has 4 rings (SSSR count). The average Bonchev–Trinajstić information content (AvgIpc) is 2.97. The zero-order valence-electron chi connectivity index (χ0n) is 24.5. The Labute approximate surface area is 252 Å². The maximum Gasteiger partial charge on any atom is 0.453 e. The number of carbonyl (C=O) groups excluding carboxylic acids is 2. The molecule has 0 aliphatic rings. The number of ether oxygens (including phenoxy) is 1. The Kier molecular flexibility index (Phi) is 10.6. The lowest BCUT2D eigenvalue weighted by atomic mass is 10.1. The van der Waals surface area contributed by atoms with Crippen LogP contribution in [0.25, 0.3) is 0 Å². The van der Waals surface area contributed by atoms with E-state index < -0.39 is 37.0 Å². The molecule has 2 atom stereocenters. The molecule has 0 aliphatic carbocycles. The average molecular weight is 601 g/mol. The predicted molar refractivity (Wildman–Crippen MR) is 167 cm³/mol. The van der Waals surface area contributed by atoms with Gasteiger partial charge in [-0.05, 0) is 56.2 Å². The van der Waals surface area contributed by atoms with E-state index in [9.17, 15) is 14.2 Å². The van der Waals surface area contributed by atoms with Gasteiger partial charge in [-0.1, -0.05) is 97.1 Å². The zero-order valence-corrected chi connectivity index (χ0v) is 25.4. The Bertz CT molecular complexity index is 1450. The first-order chi connectivity index (χ1) is 20.6. The molecule has 0 aliphatic heterocycles. The lowest BCUT2D eigenvalue weighted by Gasteiger charge is -2.30. The molecule has 0 radical (unpaired) electrons. The molecule has 224 valence electrons. The molecule has 4 aromatic rings. The summed E-state index contributed by atoms with van der Waals surface area (Å²) < 4.78 is 32.4. The summed E-state index contributed by atoms with van der Waals surface area (Å²) in [5.41, 5.74) is 0.861. The lowest BCUT2D eigenvalue weighted by Crippen LogP contribution is -2.52. The van der Waals surface area contributed by atoms with Crippen LogP contribution in [0, 0.1) is 0 Å². The van der Waals surface area contributed by atoms with Gasteiger partial charge in [0.25, 0.3) is 0 Å². The smallest absolute Gasteiger partial charge is 0.444 e. The number of para-hydroxylation sites is 2. The monoisotopic (exact) mass is 600 g/mol. The van der Waals surface area contributed by atoms with Gasteiger partial charge < -0.3 is 24.4 Å². The summed E-state index contributed by atoms with van der Waals surface area (Å²) in [5, 5.41) is 5.61. The van der Waals surface area contributed by atoms with Gasteiger partial charge in [-0.2, -0.15) is 0 Å². The van der Waals surface area contributed by atoms with Gasteiger partial charge in [0.15, 0.2) is 5.78 Å². The van der Waals surface area contributed by atoms with E-state index >= 15 is 0 Å². The van der Waals surface area contributed by atoms with E-state index in [2.05, 4.69) is 10.6 Å². The minimum atomic E-state index is -4.16. The van der Waals surface area contributed by atoms with Gasteiger partial charge in [-0.3, -0.25) is 4.79 Å². The Morgan fingerprint density at radius 1 is 0.651 bits per heavy atom. The molecule has 0 saturated heterocycles. The molecule has 43 heavy (non-hydrogen) atoms. The fraction of sp³-hybridized carbons (Fsp3) is 0.235. The van der Waals surface area contributed by atoms with Crippen LogP contribution in [-0.2, 0) is 26.9 Å². The zero-order chi connectivity index (χ0) is 30.7. The summed E-state index contributed by atoms with van der Waals surface area (Å²) in [6.07, 6.45) is -0.436. The van der Waals surface area contributed by atoms with E-state index in [1.807, 2.05) is 72.8 Å². The van der Waals surface area contributed by atoms with Crippen LogP contribution < -0.4 is 19.7 Å². The van der Waals surface area contributed by atoms with Crippen molar-refractivity contribution in [1.29, 1.82) is 0 Å². The molecule has 4 aromatic carbocycles. The molecule has 0 bridgehead atoms. The van der Waals surface area contributed by atoms with E-state index in [1.165, 1.54) is 0 Å². The quantitative estimate of drug-likeness (QED) is 0.167. The van der Waals surface area contributed by atoms with Crippen LogP contribution in [0.3, 0.4) is 0 Å². The number of amides is 2. The summed E-state index contributed by atoms with van der Waals surface area (Å²) in [5.74, 6) is -1.05. The van der Waals surface area contributed by atoms with E-state index in [0.717, 1.165) is 11.1 Å². The van der Waals surface area contributed by atoms with Crippen molar-refractivity contribution in [2.24, 2.45) is 0 Å². The minimum absolute atomic E-state index is 0.133. The predicted octanol–water partition coefficient (Wildman–Crippen LogP) is 7.16. The Morgan fingerprint density at radius 3 is 1.51 bits per heavy atom. The summed E-state index contributed by atoms with van der Waals surface area (Å²) >= 11 is 0. The van der Waals surface area contributed by atoms with Gasteiger partial charge in [-0.25, -0.2) is 9.36 Å². The molecule has 2 N–H and O–H groups in total. The minimum Gasteiger partial charge on any atom is -0.444 e.